The van der Waals surface area contributed by atoms with Gasteiger partial charge in [0.1, 0.15) is 5.75 Å². The Bertz CT molecular complexity index is 632. The zero-order valence-corrected chi connectivity index (χ0v) is 15.7. The molecule has 0 fully saturated rings. The quantitative estimate of drug-likeness (QED) is 0.392. The van der Waals surface area contributed by atoms with E-state index in [1.165, 1.54) is 4.31 Å². The topological polar surface area (TPSA) is 83.0 Å². The summed E-state index contributed by atoms with van der Waals surface area (Å²) in [6.07, 6.45) is 0.699. The molecule has 8 heteroatoms. The molecule has 0 bridgehead atoms. The van der Waals surface area contributed by atoms with Crippen LogP contribution in [0, 0.1) is 0 Å². The fourth-order valence-electron chi connectivity index (χ4n) is 2.12. The van der Waals surface area contributed by atoms with Gasteiger partial charge in [0.25, 0.3) is 0 Å². The Balaban J connectivity index is 2.38. The molecule has 1 rings (SSSR count). The third kappa shape index (κ3) is 6.37. The number of hydrogen-bond acceptors (Lipinski definition) is 4. The van der Waals surface area contributed by atoms with Crippen LogP contribution in [0.4, 0.5) is 0 Å². The lowest BCUT2D eigenvalue weighted by Gasteiger charge is -2.17. The van der Waals surface area contributed by atoms with E-state index in [0.717, 1.165) is 11.3 Å². The molecule has 0 amide bonds. The predicted molar refractivity (Wildman–Crippen MR) is 97.9 cm³/mol. The molecule has 1 aromatic carbocycles. The highest BCUT2D eigenvalue weighted by molar-refractivity contribution is 7.89. The molecule has 0 heterocycles. The standard InChI is InChI=1S/C16H28N4O3S/c1-5-24(21,22)20(3)12-8-11-18-16(17-2)19-13-14-9-6-7-10-15(14)23-4/h6-7,9-10H,5,8,11-13H2,1-4H3,(H2,17,18,19). The Morgan fingerprint density at radius 3 is 2.62 bits per heavy atom. The number of methoxy groups -OCH3 is 1. The number of guanidine groups is 1. The largest absolute Gasteiger partial charge is 0.496 e. The number of benzene rings is 1. The molecule has 0 unspecified atom stereocenters. The zero-order chi connectivity index (χ0) is 18.0. The van der Waals surface area contributed by atoms with E-state index in [0.29, 0.717) is 32.0 Å². The maximum absolute atomic E-state index is 11.7. The molecule has 7 nitrogen and oxygen atoms in total. The number of sulfonamides is 1. The van der Waals surface area contributed by atoms with Crippen LogP contribution in [0.2, 0.25) is 0 Å². The fourth-order valence-corrected chi connectivity index (χ4v) is 2.96. The highest BCUT2D eigenvalue weighted by Gasteiger charge is 2.13. The molecular weight excluding hydrogens is 328 g/mol. The van der Waals surface area contributed by atoms with Crippen molar-refractivity contribution in [1.82, 2.24) is 14.9 Å². The summed E-state index contributed by atoms with van der Waals surface area (Å²) in [6, 6.07) is 7.79. The van der Waals surface area contributed by atoms with Crippen molar-refractivity contribution in [2.45, 2.75) is 19.9 Å². The number of nitrogens with zero attached hydrogens (tertiary/aromatic N) is 2. The second kappa shape index (κ2) is 10.1. The summed E-state index contributed by atoms with van der Waals surface area (Å²) in [4.78, 5) is 4.16. The minimum Gasteiger partial charge on any atom is -0.496 e. The molecule has 0 saturated heterocycles. The highest BCUT2D eigenvalue weighted by Crippen LogP contribution is 2.16. The van der Waals surface area contributed by atoms with E-state index in [1.54, 1.807) is 28.1 Å². The van der Waals surface area contributed by atoms with Crippen molar-refractivity contribution in [3.8, 4) is 5.75 Å². The number of para-hydroxylation sites is 1. The maximum atomic E-state index is 11.7. The van der Waals surface area contributed by atoms with Gasteiger partial charge in [-0.2, -0.15) is 0 Å². The lowest BCUT2D eigenvalue weighted by molar-refractivity contribution is 0.409. The van der Waals surface area contributed by atoms with Gasteiger partial charge in [0, 0.05) is 39.3 Å². The van der Waals surface area contributed by atoms with Gasteiger partial charge in [0.05, 0.1) is 12.9 Å². The van der Waals surface area contributed by atoms with Crippen molar-refractivity contribution >= 4 is 16.0 Å². The van der Waals surface area contributed by atoms with Crippen LogP contribution < -0.4 is 15.4 Å². The van der Waals surface area contributed by atoms with Crippen molar-refractivity contribution in [3.63, 3.8) is 0 Å². The molecule has 0 aliphatic heterocycles. The third-order valence-electron chi connectivity index (χ3n) is 3.64. The van der Waals surface area contributed by atoms with Crippen LogP contribution in [-0.4, -0.2) is 58.7 Å². The second-order valence-electron chi connectivity index (χ2n) is 5.24. The van der Waals surface area contributed by atoms with Gasteiger partial charge in [-0.1, -0.05) is 18.2 Å². The Hall–Kier alpha value is -1.80. The van der Waals surface area contributed by atoms with Crippen LogP contribution in [-0.2, 0) is 16.6 Å². The van der Waals surface area contributed by atoms with E-state index in [9.17, 15) is 8.42 Å². The Morgan fingerprint density at radius 2 is 2.00 bits per heavy atom. The van der Waals surface area contributed by atoms with Gasteiger partial charge in [-0.05, 0) is 19.4 Å². The van der Waals surface area contributed by atoms with Gasteiger partial charge >= 0.3 is 0 Å². The van der Waals surface area contributed by atoms with E-state index < -0.39 is 10.0 Å². The van der Waals surface area contributed by atoms with Gasteiger partial charge in [-0.25, -0.2) is 12.7 Å². The van der Waals surface area contributed by atoms with Crippen LogP contribution in [0.25, 0.3) is 0 Å². The Morgan fingerprint density at radius 1 is 1.29 bits per heavy atom. The lowest BCUT2D eigenvalue weighted by atomic mass is 10.2. The summed E-state index contributed by atoms with van der Waals surface area (Å²) in [5, 5.41) is 6.40. The minimum absolute atomic E-state index is 0.124. The molecule has 0 radical (unpaired) electrons. The van der Waals surface area contributed by atoms with Crippen molar-refractivity contribution in [2.75, 3.05) is 40.0 Å². The highest BCUT2D eigenvalue weighted by atomic mass is 32.2. The van der Waals surface area contributed by atoms with Gasteiger partial charge in [0.2, 0.25) is 10.0 Å². The molecule has 0 atom stereocenters. The number of ether oxygens (including phenoxy) is 1. The summed E-state index contributed by atoms with van der Waals surface area (Å²) < 4.78 is 30.0. The Labute approximate surface area is 145 Å². The number of nitrogens with one attached hydrogen (secondary N) is 2. The van der Waals surface area contributed by atoms with Crippen molar-refractivity contribution < 1.29 is 13.2 Å². The maximum Gasteiger partial charge on any atom is 0.213 e. The van der Waals surface area contributed by atoms with E-state index in [2.05, 4.69) is 15.6 Å². The van der Waals surface area contributed by atoms with Crippen LogP contribution in [0.3, 0.4) is 0 Å². The van der Waals surface area contributed by atoms with E-state index in [-0.39, 0.29) is 5.75 Å². The monoisotopic (exact) mass is 356 g/mol. The molecular formula is C16H28N4O3S. The van der Waals surface area contributed by atoms with Gasteiger partial charge < -0.3 is 15.4 Å². The molecule has 0 spiro atoms. The Kier molecular flexibility index (Phi) is 8.56. The SMILES string of the molecule is CCS(=O)(=O)N(C)CCCNC(=NC)NCc1ccccc1OC. The average Bonchev–Trinajstić information content (AvgIpc) is 2.61. The summed E-state index contributed by atoms with van der Waals surface area (Å²) in [7, 11) is 1.84. The molecule has 2 N–H and O–H groups in total. The first-order valence-corrected chi connectivity index (χ1v) is 9.56. The van der Waals surface area contributed by atoms with E-state index >= 15 is 0 Å². The summed E-state index contributed by atoms with van der Waals surface area (Å²) in [5.74, 6) is 1.62. The molecule has 1 aromatic rings. The van der Waals surface area contributed by atoms with Crippen molar-refractivity contribution in [2.24, 2.45) is 4.99 Å². The van der Waals surface area contributed by atoms with Gasteiger partial charge in [0.15, 0.2) is 5.96 Å². The van der Waals surface area contributed by atoms with Crippen LogP contribution in [0.5, 0.6) is 5.75 Å². The average molecular weight is 356 g/mol. The van der Waals surface area contributed by atoms with Crippen molar-refractivity contribution in [3.05, 3.63) is 29.8 Å². The number of hydrogen-bond donors (Lipinski definition) is 2. The number of rotatable bonds is 9. The van der Waals surface area contributed by atoms with Gasteiger partial charge in [-0.3, -0.25) is 4.99 Å². The first kappa shape index (κ1) is 20.2. The van der Waals surface area contributed by atoms with Crippen molar-refractivity contribution in [1.29, 1.82) is 0 Å². The number of aliphatic imine (C=N–C) groups is 1. The predicted octanol–water partition coefficient (Wildman–Crippen LogP) is 1.03. The summed E-state index contributed by atoms with van der Waals surface area (Å²) >= 11 is 0. The smallest absolute Gasteiger partial charge is 0.213 e. The second-order valence-corrected chi connectivity index (χ2v) is 7.60. The zero-order valence-electron chi connectivity index (χ0n) is 14.9. The normalized spacial score (nSPS) is 12.3. The first-order valence-electron chi connectivity index (χ1n) is 7.95. The summed E-state index contributed by atoms with van der Waals surface area (Å²) in [5.41, 5.74) is 1.04. The van der Waals surface area contributed by atoms with Gasteiger partial charge in [-0.15, -0.1) is 0 Å². The molecule has 24 heavy (non-hydrogen) atoms. The minimum atomic E-state index is -3.11. The molecule has 0 aliphatic rings. The van der Waals surface area contributed by atoms with E-state index in [4.69, 9.17) is 4.74 Å². The molecule has 0 aliphatic carbocycles. The van der Waals surface area contributed by atoms with E-state index in [1.807, 2.05) is 24.3 Å². The fraction of sp³-hybridized carbons (Fsp3) is 0.562. The third-order valence-corrected chi connectivity index (χ3v) is 5.51. The molecule has 0 saturated carbocycles. The first-order chi connectivity index (χ1) is 11.4. The molecule has 0 aromatic heterocycles. The van der Waals surface area contributed by atoms with Crippen LogP contribution in [0.15, 0.2) is 29.3 Å². The summed E-state index contributed by atoms with van der Waals surface area (Å²) in [6.45, 7) is 3.35. The van der Waals surface area contributed by atoms with Crippen LogP contribution >= 0.6 is 0 Å². The lowest BCUT2D eigenvalue weighted by Crippen LogP contribution is -2.38. The van der Waals surface area contributed by atoms with Crippen LogP contribution in [0.1, 0.15) is 18.9 Å². The molecule has 136 valence electrons.